The van der Waals surface area contributed by atoms with E-state index in [0.29, 0.717) is 26.2 Å². The van der Waals surface area contributed by atoms with E-state index >= 15 is 0 Å². The molecule has 0 aliphatic carbocycles. The van der Waals surface area contributed by atoms with E-state index in [0.717, 1.165) is 0 Å². The fourth-order valence-corrected chi connectivity index (χ4v) is 0.982. The molecule has 6 nitrogen and oxygen atoms in total. The van der Waals surface area contributed by atoms with Crippen LogP contribution in [0.1, 0.15) is 27.2 Å². The first kappa shape index (κ1) is 17.3. The first-order valence-corrected chi connectivity index (χ1v) is 6.24. The summed E-state index contributed by atoms with van der Waals surface area (Å²) in [7, 11) is 0. The molecule has 0 fully saturated rings. The van der Waals surface area contributed by atoms with Gasteiger partial charge in [-0.25, -0.2) is 0 Å². The van der Waals surface area contributed by atoms with Gasteiger partial charge in [0.15, 0.2) is 0 Å². The quantitative estimate of drug-likeness (QED) is 0.301. The molecule has 0 aliphatic rings. The maximum atomic E-state index is 11.0. The number of ether oxygens (including phenoxy) is 5. The summed E-state index contributed by atoms with van der Waals surface area (Å²) in [5.41, 5.74) is 0. The molecule has 6 heteroatoms. The van der Waals surface area contributed by atoms with Gasteiger partial charge in [0.25, 0.3) is 0 Å². The molecule has 0 N–H and O–H groups in total. The molecule has 0 saturated carbocycles. The van der Waals surface area contributed by atoms with Crippen molar-refractivity contribution in [1.82, 2.24) is 0 Å². The summed E-state index contributed by atoms with van der Waals surface area (Å²) in [6.45, 7) is 7.47. The van der Waals surface area contributed by atoms with E-state index in [4.69, 9.17) is 23.7 Å². The van der Waals surface area contributed by atoms with Crippen molar-refractivity contribution < 1.29 is 28.5 Å². The molecule has 0 saturated heterocycles. The molecular weight excluding hydrogens is 240 g/mol. The molecule has 0 aromatic rings. The minimum atomic E-state index is -0.340. The second-order valence-corrected chi connectivity index (χ2v) is 3.42. The molecule has 0 bridgehead atoms. The van der Waals surface area contributed by atoms with Crippen LogP contribution < -0.4 is 0 Å². The normalized spacial score (nSPS) is 12.4. The molecular formula is C12H24O6. The summed E-state index contributed by atoms with van der Waals surface area (Å²) < 4.78 is 25.7. The van der Waals surface area contributed by atoms with Crippen LogP contribution in [0.15, 0.2) is 0 Å². The van der Waals surface area contributed by atoms with Crippen LogP contribution in [0.4, 0.5) is 0 Å². The van der Waals surface area contributed by atoms with Gasteiger partial charge in [0.2, 0.25) is 0 Å². The molecule has 0 heterocycles. The topological polar surface area (TPSA) is 63.2 Å². The summed E-state index contributed by atoms with van der Waals surface area (Å²) in [6.07, 6.45) is 0.00495. The number of hydrogen-bond donors (Lipinski definition) is 0. The molecule has 0 aliphatic heterocycles. The third-order valence-electron chi connectivity index (χ3n) is 1.98. The number of carbonyl (C=O) groups is 1. The standard InChI is InChI=1S/C12H24O6/c1-4-12(13)17-8-11(18-10-15-6-3)7-16-9-14-5-2/h11H,4-10H2,1-3H3. The zero-order valence-corrected chi connectivity index (χ0v) is 11.5. The summed E-state index contributed by atoms with van der Waals surface area (Å²) in [4.78, 5) is 11.0. The van der Waals surface area contributed by atoms with Gasteiger partial charge in [0.05, 0.1) is 6.61 Å². The maximum Gasteiger partial charge on any atom is 0.305 e. The lowest BCUT2D eigenvalue weighted by molar-refractivity contribution is -0.163. The van der Waals surface area contributed by atoms with Crippen LogP contribution in [0.25, 0.3) is 0 Å². The zero-order chi connectivity index (χ0) is 13.6. The predicted molar refractivity (Wildman–Crippen MR) is 65.1 cm³/mol. The highest BCUT2D eigenvalue weighted by atomic mass is 16.7. The zero-order valence-electron chi connectivity index (χ0n) is 11.5. The second kappa shape index (κ2) is 12.8. The highest BCUT2D eigenvalue weighted by molar-refractivity contribution is 5.68. The van der Waals surface area contributed by atoms with Gasteiger partial charge >= 0.3 is 5.97 Å². The highest BCUT2D eigenvalue weighted by Crippen LogP contribution is 1.98. The Morgan fingerprint density at radius 3 is 2.22 bits per heavy atom. The van der Waals surface area contributed by atoms with Gasteiger partial charge < -0.3 is 23.7 Å². The number of rotatable bonds is 12. The van der Waals surface area contributed by atoms with Crippen LogP contribution in [0, 0.1) is 0 Å². The monoisotopic (exact) mass is 264 g/mol. The van der Waals surface area contributed by atoms with Crippen LogP contribution in [-0.4, -0.2) is 52.1 Å². The third-order valence-corrected chi connectivity index (χ3v) is 1.98. The summed E-state index contributed by atoms with van der Waals surface area (Å²) >= 11 is 0. The van der Waals surface area contributed by atoms with Crippen LogP contribution in [0.2, 0.25) is 0 Å². The van der Waals surface area contributed by atoms with Gasteiger partial charge in [-0.1, -0.05) is 6.92 Å². The van der Waals surface area contributed by atoms with Crippen molar-refractivity contribution in [2.75, 3.05) is 40.0 Å². The van der Waals surface area contributed by atoms with E-state index in [1.165, 1.54) is 0 Å². The van der Waals surface area contributed by atoms with Crippen molar-refractivity contribution in [1.29, 1.82) is 0 Å². The Morgan fingerprint density at radius 1 is 0.944 bits per heavy atom. The Balaban J connectivity index is 3.79. The van der Waals surface area contributed by atoms with E-state index in [1.807, 2.05) is 13.8 Å². The smallest absolute Gasteiger partial charge is 0.305 e. The summed E-state index contributed by atoms with van der Waals surface area (Å²) in [6, 6.07) is 0. The van der Waals surface area contributed by atoms with E-state index in [9.17, 15) is 4.79 Å². The van der Waals surface area contributed by atoms with E-state index in [2.05, 4.69) is 0 Å². The van der Waals surface area contributed by atoms with E-state index in [1.54, 1.807) is 6.92 Å². The molecule has 0 aromatic heterocycles. The minimum absolute atomic E-state index is 0.156. The average Bonchev–Trinajstić information content (AvgIpc) is 2.39. The van der Waals surface area contributed by atoms with Crippen molar-refractivity contribution >= 4 is 5.97 Å². The predicted octanol–water partition coefficient (Wildman–Crippen LogP) is 1.33. The van der Waals surface area contributed by atoms with Crippen LogP contribution in [0.5, 0.6) is 0 Å². The first-order valence-electron chi connectivity index (χ1n) is 6.24. The second-order valence-electron chi connectivity index (χ2n) is 3.42. The average molecular weight is 264 g/mol. The van der Waals surface area contributed by atoms with Gasteiger partial charge in [-0.15, -0.1) is 0 Å². The largest absolute Gasteiger partial charge is 0.463 e. The molecule has 1 atom stereocenters. The van der Waals surface area contributed by atoms with Gasteiger partial charge in [0, 0.05) is 19.6 Å². The lowest BCUT2D eigenvalue weighted by Crippen LogP contribution is -2.28. The lowest BCUT2D eigenvalue weighted by Gasteiger charge is -2.17. The molecule has 0 radical (unpaired) electrons. The van der Waals surface area contributed by atoms with Crippen molar-refractivity contribution in [3.8, 4) is 0 Å². The SMILES string of the molecule is CCOCOCC(COC(=O)CC)OCOCC. The maximum absolute atomic E-state index is 11.0. The van der Waals surface area contributed by atoms with E-state index < -0.39 is 0 Å². The Kier molecular flexibility index (Phi) is 12.3. The van der Waals surface area contributed by atoms with E-state index in [-0.39, 0.29) is 32.3 Å². The number of carbonyl (C=O) groups excluding carboxylic acids is 1. The van der Waals surface area contributed by atoms with Crippen LogP contribution in [0.3, 0.4) is 0 Å². The molecule has 18 heavy (non-hydrogen) atoms. The molecule has 0 aromatic carbocycles. The van der Waals surface area contributed by atoms with Crippen molar-refractivity contribution in [2.45, 2.75) is 33.3 Å². The van der Waals surface area contributed by atoms with Crippen molar-refractivity contribution in [3.05, 3.63) is 0 Å². The minimum Gasteiger partial charge on any atom is -0.463 e. The molecule has 0 spiro atoms. The molecule has 0 rings (SSSR count). The highest BCUT2D eigenvalue weighted by Gasteiger charge is 2.12. The van der Waals surface area contributed by atoms with Crippen molar-refractivity contribution in [3.63, 3.8) is 0 Å². The van der Waals surface area contributed by atoms with Crippen molar-refractivity contribution in [2.24, 2.45) is 0 Å². The Morgan fingerprint density at radius 2 is 1.61 bits per heavy atom. The fourth-order valence-electron chi connectivity index (χ4n) is 0.982. The van der Waals surface area contributed by atoms with Gasteiger partial charge in [-0.2, -0.15) is 0 Å². The summed E-state index contributed by atoms with van der Waals surface area (Å²) in [5, 5.41) is 0. The Hall–Kier alpha value is -0.690. The van der Waals surface area contributed by atoms with Gasteiger partial charge in [-0.3, -0.25) is 4.79 Å². The molecule has 1 unspecified atom stereocenters. The van der Waals surface area contributed by atoms with Gasteiger partial charge in [0.1, 0.15) is 26.3 Å². The molecule has 0 amide bonds. The molecule has 108 valence electrons. The summed E-state index contributed by atoms with van der Waals surface area (Å²) in [5.74, 6) is -0.259. The van der Waals surface area contributed by atoms with Crippen LogP contribution >= 0.6 is 0 Å². The van der Waals surface area contributed by atoms with Gasteiger partial charge in [-0.05, 0) is 13.8 Å². The fraction of sp³-hybridized carbons (Fsp3) is 0.917. The Bertz CT molecular complexity index is 197. The Labute approximate surface area is 108 Å². The van der Waals surface area contributed by atoms with Crippen LogP contribution in [-0.2, 0) is 28.5 Å². The third kappa shape index (κ3) is 10.5. The first-order chi connectivity index (χ1) is 8.74. The number of esters is 1. The lowest BCUT2D eigenvalue weighted by atomic mass is 10.4. The number of hydrogen-bond acceptors (Lipinski definition) is 6.